The van der Waals surface area contributed by atoms with Crippen molar-refractivity contribution in [1.29, 1.82) is 0 Å². The number of carbonyl (C=O) groups is 1. The third-order valence-electron chi connectivity index (χ3n) is 9.41. The van der Waals surface area contributed by atoms with Gasteiger partial charge in [0.1, 0.15) is 0 Å². The first-order chi connectivity index (χ1) is 13.1. The highest BCUT2D eigenvalue weighted by atomic mass is 28.4. The number of carbonyl (C=O) groups excluding carboxylic acids is 1. The van der Waals surface area contributed by atoms with Crippen LogP contribution in [0, 0.1) is 29.1 Å². The SMILES string of the molecule is CCC12CC[C@H]3[C@@H](C=CC4=CC(=O)CC[C@@H]43)[C@@H]1CC[C@@H]2O[Si](C)(C)C(C)(C)C. The quantitative estimate of drug-likeness (QED) is 0.494. The second-order valence-electron chi connectivity index (χ2n) is 11.5. The molecule has 4 aliphatic rings. The smallest absolute Gasteiger partial charge is 0.192 e. The van der Waals surface area contributed by atoms with Crippen molar-refractivity contribution in [2.24, 2.45) is 29.1 Å². The summed E-state index contributed by atoms with van der Waals surface area (Å²) in [7, 11) is -1.75. The first kappa shape index (κ1) is 20.6. The van der Waals surface area contributed by atoms with E-state index in [0.717, 1.165) is 24.7 Å². The maximum Gasteiger partial charge on any atom is 0.192 e. The van der Waals surface area contributed by atoms with Crippen molar-refractivity contribution in [2.75, 3.05) is 0 Å². The fraction of sp³-hybridized carbons (Fsp3) is 0.800. The molecule has 0 aliphatic heterocycles. The molecule has 6 atom stereocenters. The van der Waals surface area contributed by atoms with Crippen LogP contribution in [0.5, 0.6) is 0 Å². The molecular formula is C25H40O2Si. The van der Waals surface area contributed by atoms with Crippen molar-refractivity contribution in [2.45, 2.75) is 96.9 Å². The van der Waals surface area contributed by atoms with E-state index in [9.17, 15) is 4.79 Å². The van der Waals surface area contributed by atoms with E-state index in [2.05, 4.69) is 52.9 Å². The van der Waals surface area contributed by atoms with Gasteiger partial charge >= 0.3 is 0 Å². The van der Waals surface area contributed by atoms with Crippen LogP contribution in [0.15, 0.2) is 23.8 Å². The van der Waals surface area contributed by atoms with E-state index >= 15 is 0 Å². The molecule has 0 aromatic heterocycles. The summed E-state index contributed by atoms with van der Waals surface area (Å²) in [5, 5.41) is 0.274. The second-order valence-corrected chi connectivity index (χ2v) is 16.3. The summed E-state index contributed by atoms with van der Waals surface area (Å²) in [5.74, 6) is 3.17. The average molecular weight is 401 g/mol. The van der Waals surface area contributed by atoms with Crippen molar-refractivity contribution in [3.05, 3.63) is 23.8 Å². The lowest BCUT2D eigenvalue weighted by molar-refractivity contribution is -0.115. The first-order valence-corrected chi connectivity index (χ1v) is 14.6. The maximum atomic E-state index is 11.9. The van der Waals surface area contributed by atoms with Crippen LogP contribution in [0.2, 0.25) is 18.1 Å². The van der Waals surface area contributed by atoms with Gasteiger partial charge in [-0.25, -0.2) is 0 Å². The molecule has 0 amide bonds. The van der Waals surface area contributed by atoms with Gasteiger partial charge in [-0.1, -0.05) is 39.8 Å². The summed E-state index contributed by atoms with van der Waals surface area (Å²) in [4.78, 5) is 11.9. The van der Waals surface area contributed by atoms with Gasteiger partial charge in [0.25, 0.3) is 0 Å². The highest BCUT2D eigenvalue weighted by Gasteiger charge is 2.58. The molecule has 0 aromatic rings. The zero-order valence-electron chi connectivity index (χ0n) is 18.9. The van der Waals surface area contributed by atoms with Crippen LogP contribution in [-0.2, 0) is 9.22 Å². The molecule has 2 saturated carbocycles. The Morgan fingerprint density at radius 3 is 2.61 bits per heavy atom. The van der Waals surface area contributed by atoms with Gasteiger partial charge in [-0.05, 0) is 97.4 Å². The molecule has 0 bridgehead atoms. The molecule has 0 radical (unpaired) electrons. The zero-order valence-corrected chi connectivity index (χ0v) is 19.9. The normalized spacial score (nSPS) is 40.6. The molecule has 0 N–H and O–H groups in total. The van der Waals surface area contributed by atoms with Gasteiger partial charge in [0.15, 0.2) is 14.1 Å². The monoisotopic (exact) mass is 400 g/mol. The minimum atomic E-state index is -1.75. The largest absolute Gasteiger partial charge is 0.413 e. The van der Waals surface area contributed by atoms with E-state index in [-0.39, 0.29) is 5.04 Å². The van der Waals surface area contributed by atoms with E-state index in [1.54, 1.807) is 0 Å². The van der Waals surface area contributed by atoms with E-state index in [0.29, 0.717) is 29.1 Å². The standard InChI is InChI=1S/C25H40O2Si/c1-7-25-15-14-20-19-11-9-18(26)16-17(19)8-10-21(20)22(25)12-13-23(25)27-28(5,6)24(2,3)4/h8,10,16,19-23H,7,9,11-15H2,1-6H3/t19-,20+,21+,22-,23-,25?/m0/s1. The second kappa shape index (κ2) is 6.94. The summed E-state index contributed by atoms with van der Waals surface area (Å²) in [6.45, 7) is 14.4. The highest BCUT2D eigenvalue weighted by Crippen LogP contribution is 2.63. The number of allylic oxidation sites excluding steroid dienone is 4. The molecule has 156 valence electrons. The van der Waals surface area contributed by atoms with Gasteiger partial charge in [-0.15, -0.1) is 0 Å². The van der Waals surface area contributed by atoms with Crippen LogP contribution in [-0.4, -0.2) is 20.2 Å². The van der Waals surface area contributed by atoms with Crippen molar-refractivity contribution >= 4 is 14.1 Å². The van der Waals surface area contributed by atoms with Crippen molar-refractivity contribution in [3.63, 3.8) is 0 Å². The number of hydrogen-bond acceptors (Lipinski definition) is 2. The fourth-order valence-electron chi connectivity index (χ4n) is 6.80. The van der Waals surface area contributed by atoms with Crippen LogP contribution in [0.3, 0.4) is 0 Å². The summed E-state index contributed by atoms with van der Waals surface area (Å²) in [6.07, 6.45) is 15.5. The lowest BCUT2D eigenvalue weighted by Gasteiger charge is -2.54. The molecule has 1 unspecified atom stereocenters. The predicted molar refractivity (Wildman–Crippen MR) is 119 cm³/mol. The van der Waals surface area contributed by atoms with Gasteiger partial charge in [0, 0.05) is 6.42 Å². The van der Waals surface area contributed by atoms with Crippen molar-refractivity contribution < 1.29 is 9.22 Å². The third kappa shape index (κ3) is 3.12. The Morgan fingerprint density at radius 2 is 1.93 bits per heavy atom. The summed E-state index contributed by atoms with van der Waals surface area (Å²) >= 11 is 0. The lowest BCUT2D eigenvalue weighted by Crippen LogP contribution is -2.52. The Balaban J connectivity index is 1.61. The van der Waals surface area contributed by atoms with Crippen LogP contribution in [0.1, 0.15) is 72.6 Å². The van der Waals surface area contributed by atoms with Gasteiger partial charge in [0.05, 0.1) is 6.10 Å². The Labute approximate surface area is 173 Å². The molecule has 0 aromatic carbocycles. The molecule has 4 aliphatic carbocycles. The minimum absolute atomic E-state index is 0.274. The van der Waals surface area contributed by atoms with Crippen LogP contribution < -0.4 is 0 Å². The Hall–Kier alpha value is -0.673. The maximum absolute atomic E-state index is 11.9. The van der Waals surface area contributed by atoms with Gasteiger partial charge in [-0.2, -0.15) is 0 Å². The fourth-order valence-corrected chi connectivity index (χ4v) is 8.22. The van der Waals surface area contributed by atoms with E-state index in [4.69, 9.17) is 4.43 Å². The molecule has 3 heteroatoms. The van der Waals surface area contributed by atoms with E-state index in [1.807, 2.05) is 6.08 Å². The topological polar surface area (TPSA) is 26.3 Å². The van der Waals surface area contributed by atoms with Crippen molar-refractivity contribution in [3.8, 4) is 0 Å². The molecule has 0 saturated heterocycles. The van der Waals surface area contributed by atoms with Crippen LogP contribution in [0.25, 0.3) is 0 Å². The van der Waals surface area contributed by atoms with Gasteiger partial charge in [-0.3, -0.25) is 4.79 Å². The molecule has 0 spiro atoms. The summed E-state index contributed by atoms with van der Waals surface area (Å²) < 4.78 is 7.09. The zero-order chi connectivity index (χ0) is 20.3. The van der Waals surface area contributed by atoms with Gasteiger partial charge in [0.2, 0.25) is 0 Å². The lowest BCUT2D eigenvalue weighted by atomic mass is 9.53. The molecule has 4 rings (SSSR count). The van der Waals surface area contributed by atoms with Crippen LogP contribution >= 0.6 is 0 Å². The van der Waals surface area contributed by atoms with E-state index in [1.165, 1.54) is 37.7 Å². The molecule has 28 heavy (non-hydrogen) atoms. The molecule has 2 nitrogen and oxygen atoms in total. The number of hydrogen-bond donors (Lipinski definition) is 0. The highest BCUT2D eigenvalue weighted by molar-refractivity contribution is 6.74. The average Bonchev–Trinajstić information content (AvgIpc) is 2.98. The Kier molecular flexibility index (Phi) is 5.10. The summed E-state index contributed by atoms with van der Waals surface area (Å²) in [5.41, 5.74) is 1.70. The Morgan fingerprint density at radius 1 is 1.18 bits per heavy atom. The molecule has 2 fully saturated rings. The van der Waals surface area contributed by atoms with Crippen molar-refractivity contribution in [1.82, 2.24) is 0 Å². The number of rotatable bonds is 3. The Bertz CT molecular complexity index is 698. The predicted octanol–water partition coefficient (Wildman–Crippen LogP) is 6.68. The number of ketones is 1. The molecule has 0 heterocycles. The van der Waals surface area contributed by atoms with Crippen LogP contribution in [0.4, 0.5) is 0 Å². The van der Waals surface area contributed by atoms with Gasteiger partial charge < -0.3 is 4.43 Å². The third-order valence-corrected chi connectivity index (χ3v) is 13.9. The first-order valence-electron chi connectivity index (χ1n) is 11.7. The minimum Gasteiger partial charge on any atom is -0.413 e. The van der Waals surface area contributed by atoms with E-state index < -0.39 is 8.32 Å². The number of fused-ring (bicyclic) bond motifs is 5. The molecular weight excluding hydrogens is 360 g/mol. The summed E-state index contributed by atoms with van der Waals surface area (Å²) in [6, 6.07) is 0.